The molecule has 0 atom stereocenters. The molecule has 0 nitrogen and oxygen atoms in total. The smallest absolute Gasteiger partial charge is 0.0342 e. The van der Waals surface area contributed by atoms with Crippen LogP contribution in [0.4, 0.5) is 0 Å². The summed E-state index contributed by atoms with van der Waals surface area (Å²) in [6.07, 6.45) is 0. The van der Waals surface area contributed by atoms with Crippen LogP contribution in [-0.2, 0) is 5.41 Å². The zero-order chi connectivity index (χ0) is 17.0. The van der Waals surface area contributed by atoms with Crippen molar-refractivity contribution >= 4 is 22.7 Å². The lowest BCUT2D eigenvalue weighted by atomic mass is 9.81. The van der Waals surface area contributed by atoms with Gasteiger partial charge in [0.1, 0.15) is 0 Å². The highest BCUT2D eigenvalue weighted by Crippen LogP contribution is 2.50. The van der Waals surface area contributed by atoms with Crippen molar-refractivity contribution in [2.75, 3.05) is 0 Å². The molecule has 0 amide bonds. The summed E-state index contributed by atoms with van der Waals surface area (Å²) in [7, 11) is 0. The lowest BCUT2D eigenvalue weighted by molar-refractivity contribution is 0.661. The summed E-state index contributed by atoms with van der Waals surface area (Å²) in [5.74, 6) is 0. The van der Waals surface area contributed by atoms with E-state index in [0.717, 1.165) is 0 Å². The first-order valence-corrected chi connectivity index (χ1v) is 10.3. The minimum Gasteiger partial charge on any atom is -0.144 e. The molecule has 1 aliphatic carbocycles. The van der Waals surface area contributed by atoms with Crippen molar-refractivity contribution in [3.63, 3.8) is 0 Å². The van der Waals surface area contributed by atoms with E-state index in [-0.39, 0.29) is 5.41 Å². The summed E-state index contributed by atoms with van der Waals surface area (Å²) in [4.78, 5) is 2.68. The molecule has 0 saturated carbocycles. The van der Waals surface area contributed by atoms with E-state index in [0.29, 0.717) is 0 Å². The number of thiophene rings is 2. The molecule has 122 valence electrons. The molecule has 2 heteroatoms. The van der Waals surface area contributed by atoms with Crippen molar-refractivity contribution in [2.24, 2.45) is 0 Å². The van der Waals surface area contributed by atoms with Gasteiger partial charge in [-0.2, -0.15) is 0 Å². The Balaban J connectivity index is 1.68. The van der Waals surface area contributed by atoms with Crippen LogP contribution in [0.25, 0.3) is 32.0 Å². The third-order valence-electron chi connectivity index (χ3n) is 5.29. The summed E-state index contributed by atoms with van der Waals surface area (Å²) in [6.45, 7) is 4.71. The summed E-state index contributed by atoms with van der Waals surface area (Å²) >= 11 is 3.62. The second kappa shape index (κ2) is 5.42. The monoisotopic (exact) mass is 358 g/mol. The van der Waals surface area contributed by atoms with Crippen LogP contribution >= 0.6 is 22.7 Å². The van der Waals surface area contributed by atoms with Crippen LogP contribution in [0, 0.1) is 0 Å². The van der Waals surface area contributed by atoms with Gasteiger partial charge < -0.3 is 0 Å². The number of benzene rings is 2. The van der Waals surface area contributed by atoms with Gasteiger partial charge in [-0.05, 0) is 68.4 Å². The Hall–Kier alpha value is -2.16. The quantitative estimate of drug-likeness (QED) is 0.349. The highest BCUT2D eigenvalue weighted by molar-refractivity contribution is 7.13. The van der Waals surface area contributed by atoms with E-state index >= 15 is 0 Å². The van der Waals surface area contributed by atoms with Crippen LogP contribution in [0.5, 0.6) is 0 Å². The largest absolute Gasteiger partial charge is 0.144 e. The average molecular weight is 359 g/mol. The van der Waals surface area contributed by atoms with Crippen molar-refractivity contribution in [1.29, 1.82) is 0 Å². The Bertz CT molecular complexity index is 966. The van der Waals surface area contributed by atoms with E-state index in [2.05, 4.69) is 85.3 Å². The first-order valence-electron chi connectivity index (χ1n) is 8.52. The topological polar surface area (TPSA) is 0 Å². The molecular weight excluding hydrogens is 340 g/mol. The molecule has 0 aliphatic heterocycles. The van der Waals surface area contributed by atoms with Crippen LogP contribution in [0.15, 0.2) is 71.4 Å². The molecule has 2 aromatic heterocycles. The van der Waals surface area contributed by atoms with E-state index in [1.165, 1.54) is 43.1 Å². The summed E-state index contributed by atoms with van der Waals surface area (Å²) in [6, 6.07) is 22.6. The summed E-state index contributed by atoms with van der Waals surface area (Å²) in [5.41, 5.74) is 8.34. The van der Waals surface area contributed by atoms with Crippen LogP contribution < -0.4 is 0 Å². The molecule has 0 bridgehead atoms. The van der Waals surface area contributed by atoms with Gasteiger partial charge >= 0.3 is 0 Å². The van der Waals surface area contributed by atoms with Gasteiger partial charge in [0, 0.05) is 15.2 Å². The van der Waals surface area contributed by atoms with Gasteiger partial charge in [0.25, 0.3) is 0 Å². The van der Waals surface area contributed by atoms with Crippen LogP contribution in [0.3, 0.4) is 0 Å². The second-order valence-electron chi connectivity index (χ2n) is 7.10. The minimum absolute atomic E-state index is 0.0329. The standard InChI is InChI=1S/C23H18S2/c1-23(2)19-13-15(21-5-3-11-24-21)7-9-17(19)18-10-8-16(14-20(18)23)22-6-4-12-25-22/h3-14H,1-2H3. The predicted molar refractivity (Wildman–Crippen MR) is 111 cm³/mol. The van der Waals surface area contributed by atoms with Crippen molar-refractivity contribution in [2.45, 2.75) is 19.3 Å². The third-order valence-corrected chi connectivity index (χ3v) is 7.13. The maximum atomic E-state index is 2.39. The zero-order valence-corrected chi connectivity index (χ0v) is 15.9. The van der Waals surface area contributed by atoms with Crippen molar-refractivity contribution in [3.8, 4) is 32.0 Å². The van der Waals surface area contributed by atoms with Gasteiger partial charge in [-0.1, -0.05) is 50.2 Å². The molecule has 1 aliphatic rings. The van der Waals surface area contributed by atoms with E-state index < -0.39 is 0 Å². The fourth-order valence-electron chi connectivity index (χ4n) is 3.93. The summed E-state index contributed by atoms with van der Waals surface area (Å²) < 4.78 is 0. The highest BCUT2D eigenvalue weighted by atomic mass is 32.1. The third kappa shape index (κ3) is 2.25. The van der Waals surface area contributed by atoms with Crippen molar-refractivity contribution in [3.05, 3.63) is 82.6 Å². The van der Waals surface area contributed by atoms with Crippen LogP contribution in [-0.4, -0.2) is 0 Å². The minimum atomic E-state index is 0.0329. The molecule has 25 heavy (non-hydrogen) atoms. The first kappa shape index (κ1) is 15.1. The lowest BCUT2D eigenvalue weighted by Gasteiger charge is -2.22. The molecule has 0 N–H and O–H groups in total. The second-order valence-corrected chi connectivity index (χ2v) is 9.00. The lowest BCUT2D eigenvalue weighted by Crippen LogP contribution is -2.15. The molecule has 0 spiro atoms. The Kier molecular flexibility index (Phi) is 3.28. The number of fused-ring (bicyclic) bond motifs is 3. The van der Waals surface area contributed by atoms with Gasteiger partial charge in [0.05, 0.1) is 0 Å². The maximum absolute atomic E-state index is 2.39. The number of hydrogen-bond donors (Lipinski definition) is 0. The van der Waals surface area contributed by atoms with Gasteiger partial charge in [-0.25, -0.2) is 0 Å². The molecule has 4 aromatic rings. The molecule has 0 saturated heterocycles. The molecule has 0 fully saturated rings. The highest BCUT2D eigenvalue weighted by Gasteiger charge is 2.35. The number of rotatable bonds is 2. The molecule has 2 heterocycles. The van der Waals surface area contributed by atoms with Crippen LogP contribution in [0.2, 0.25) is 0 Å². The SMILES string of the molecule is CC1(C)c2cc(-c3cccs3)ccc2-c2ccc(-c3cccs3)cc21. The van der Waals surface area contributed by atoms with E-state index in [4.69, 9.17) is 0 Å². The Morgan fingerprint density at radius 3 is 1.52 bits per heavy atom. The molecular formula is C23H18S2. The molecule has 5 rings (SSSR count). The van der Waals surface area contributed by atoms with E-state index in [9.17, 15) is 0 Å². The van der Waals surface area contributed by atoms with Gasteiger partial charge in [-0.3, -0.25) is 0 Å². The Morgan fingerprint density at radius 1 is 0.640 bits per heavy atom. The van der Waals surface area contributed by atoms with Gasteiger partial charge in [0.2, 0.25) is 0 Å². The normalized spacial score (nSPS) is 14.3. The fourth-order valence-corrected chi connectivity index (χ4v) is 5.38. The molecule has 0 unspecified atom stereocenters. The average Bonchev–Trinajstić information content (AvgIpc) is 3.36. The van der Waals surface area contributed by atoms with Gasteiger partial charge in [0.15, 0.2) is 0 Å². The van der Waals surface area contributed by atoms with E-state index in [1.54, 1.807) is 0 Å². The zero-order valence-electron chi connectivity index (χ0n) is 14.2. The molecule has 0 radical (unpaired) electrons. The van der Waals surface area contributed by atoms with Crippen molar-refractivity contribution < 1.29 is 0 Å². The Labute approximate surface area is 156 Å². The summed E-state index contributed by atoms with van der Waals surface area (Å²) in [5, 5.41) is 4.30. The van der Waals surface area contributed by atoms with Crippen molar-refractivity contribution in [1.82, 2.24) is 0 Å². The molecule has 2 aromatic carbocycles. The predicted octanol–water partition coefficient (Wildman–Crippen LogP) is 7.45. The fraction of sp³-hybridized carbons (Fsp3) is 0.130. The van der Waals surface area contributed by atoms with Crippen LogP contribution in [0.1, 0.15) is 25.0 Å². The Morgan fingerprint density at radius 2 is 1.12 bits per heavy atom. The maximum Gasteiger partial charge on any atom is 0.0342 e. The van der Waals surface area contributed by atoms with E-state index in [1.807, 2.05) is 22.7 Å². The first-order chi connectivity index (χ1) is 12.1. The van der Waals surface area contributed by atoms with Gasteiger partial charge in [-0.15, -0.1) is 22.7 Å². The number of hydrogen-bond acceptors (Lipinski definition) is 2.